The first-order valence-corrected chi connectivity index (χ1v) is 7.53. The molecule has 1 aromatic rings. The molecule has 18 heavy (non-hydrogen) atoms. The highest BCUT2D eigenvalue weighted by Crippen LogP contribution is 2.36. The molecule has 0 unspecified atom stereocenters. The molecule has 0 saturated carbocycles. The van der Waals surface area contributed by atoms with Crippen LogP contribution in [0.3, 0.4) is 0 Å². The smallest absolute Gasteiger partial charge is 0.169 e. The van der Waals surface area contributed by atoms with E-state index in [1.807, 2.05) is 17.8 Å². The summed E-state index contributed by atoms with van der Waals surface area (Å²) >= 11 is 1.86. The van der Waals surface area contributed by atoms with Crippen LogP contribution in [0.4, 0.5) is 0 Å². The standard InChI is InChI=1S/C15H22O2S/c1-11(10-18-14-8-6-5-7-9-14)15(4)16-12(2)13(3)17-15/h5-9,11-13H,10H2,1-4H3/t11-,12+,13+/m0/s1. The Kier molecular flexibility index (Phi) is 4.36. The lowest BCUT2D eigenvalue weighted by atomic mass is 10.1. The van der Waals surface area contributed by atoms with Crippen LogP contribution in [0.1, 0.15) is 27.7 Å². The van der Waals surface area contributed by atoms with E-state index in [0.29, 0.717) is 5.92 Å². The summed E-state index contributed by atoms with van der Waals surface area (Å²) < 4.78 is 12.0. The van der Waals surface area contributed by atoms with Crippen molar-refractivity contribution in [1.29, 1.82) is 0 Å². The summed E-state index contributed by atoms with van der Waals surface area (Å²) in [5.74, 6) is 0.913. The quantitative estimate of drug-likeness (QED) is 0.769. The van der Waals surface area contributed by atoms with Crippen molar-refractivity contribution >= 4 is 11.8 Å². The van der Waals surface area contributed by atoms with Gasteiger partial charge < -0.3 is 9.47 Å². The van der Waals surface area contributed by atoms with E-state index in [2.05, 4.69) is 52.0 Å². The normalized spacial score (nSPS) is 28.2. The minimum absolute atomic E-state index is 0.180. The van der Waals surface area contributed by atoms with Gasteiger partial charge in [-0.3, -0.25) is 0 Å². The van der Waals surface area contributed by atoms with Gasteiger partial charge in [-0.05, 0) is 32.9 Å². The number of benzene rings is 1. The summed E-state index contributed by atoms with van der Waals surface area (Å²) in [6, 6.07) is 10.5. The Morgan fingerprint density at radius 2 is 1.72 bits per heavy atom. The van der Waals surface area contributed by atoms with Crippen LogP contribution in [0.25, 0.3) is 0 Å². The average molecular weight is 266 g/mol. The second-order valence-corrected chi connectivity index (χ2v) is 6.28. The molecule has 1 saturated heterocycles. The van der Waals surface area contributed by atoms with Crippen molar-refractivity contribution in [3.63, 3.8) is 0 Å². The lowest BCUT2D eigenvalue weighted by Gasteiger charge is -2.30. The third-order valence-corrected chi connectivity index (χ3v) is 4.91. The summed E-state index contributed by atoms with van der Waals surface area (Å²) in [7, 11) is 0. The lowest BCUT2D eigenvalue weighted by Crippen LogP contribution is -2.36. The van der Waals surface area contributed by atoms with Crippen molar-refractivity contribution in [3.05, 3.63) is 30.3 Å². The maximum absolute atomic E-state index is 5.98. The van der Waals surface area contributed by atoms with Crippen molar-refractivity contribution < 1.29 is 9.47 Å². The molecular weight excluding hydrogens is 244 g/mol. The largest absolute Gasteiger partial charge is 0.344 e. The summed E-state index contributed by atoms with van der Waals surface area (Å²) in [5, 5.41) is 0. The molecule has 2 rings (SSSR count). The van der Waals surface area contributed by atoms with Gasteiger partial charge in [-0.1, -0.05) is 25.1 Å². The van der Waals surface area contributed by atoms with Gasteiger partial charge >= 0.3 is 0 Å². The van der Waals surface area contributed by atoms with Crippen LogP contribution in [0.2, 0.25) is 0 Å². The highest BCUT2D eigenvalue weighted by molar-refractivity contribution is 7.99. The Bertz CT molecular complexity index is 369. The number of rotatable bonds is 4. The molecule has 0 bridgehead atoms. The van der Waals surface area contributed by atoms with Crippen LogP contribution in [0.15, 0.2) is 35.2 Å². The molecular formula is C15H22O2S. The van der Waals surface area contributed by atoms with Crippen LogP contribution < -0.4 is 0 Å². The molecule has 0 amide bonds. The van der Waals surface area contributed by atoms with Crippen molar-refractivity contribution in [2.45, 2.75) is 50.6 Å². The minimum Gasteiger partial charge on any atom is -0.344 e. The first-order chi connectivity index (χ1) is 8.51. The Balaban J connectivity index is 1.90. The van der Waals surface area contributed by atoms with Crippen molar-refractivity contribution in [1.82, 2.24) is 0 Å². The second kappa shape index (κ2) is 5.64. The molecule has 1 aliphatic rings. The summed E-state index contributed by atoms with van der Waals surface area (Å²) in [5.41, 5.74) is 0. The van der Waals surface area contributed by atoms with Gasteiger partial charge in [-0.2, -0.15) is 0 Å². The van der Waals surface area contributed by atoms with E-state index in [-0.39, 0.29) is 12.2 Å². The number of hydrogen-bond donors (Lipinski definition) is 0. The molecule has 1 aromatic carbocycles. The Labute approximate surface area is 114 Å². The van der Waals surface area contributed by atoms with Gasteiger partial charge in [0.05, 0.1) is 12.2 Å². The summed E-state index contributed by atoms with van der Waals surface area (Å²) in [6.45, 7) is 8.41. The van der Waals surface area contributed by atoms with E-state index in [1.165, 1.54) is 4.90 Å². The average Bonchev–Trinajstić information content (AvgIpc) is 2.63. The predicted molar refractivity (Wildman–Crippen MR) is 75.8 cm³/mol. The van der Waals surface area contributed by atoms with Gasteiger partial charge in [-0.25, -0.2) is 0 Å². The van der Waals surface area contributed by atoms with E-state index in [9.17, 15) is 0 Å². The molecule has 100 valence electrons. The zero-order chi connectivity index (χ0) is 13.2. The molecule has 3 atom stereocenters. The molecule has 3 heteroatoms. The molecule has 1 heterocycles. The van der Waals surface area contributed by atoms with E-state index in [1.54, 1.807) is 0 Å². The lowest BCUT2D eigenvalue weighted by molar-refractivity contribution is -0.186. The van der Waals surface area contributed by atoms with Crippen molar-refractivity contribution in [2.75, 3.05) is 5.75 Å². The number of ether oxygens (including phenoxy) is 2. The molecule has 2 nitrogen and oxygen atoms in total. The highest BCUT2D eigenvalue weighted by atomic mass is 32.2. The fourth-order valence-corrected chi connectivity index (χ4v) is 3.17. The molecule has 1 fully saturated rings. The van der Waals surface area contributed by atoms with Crippen LogP contribution in [0.5, 0.6) is 0 Å². The molecule has 1 aliphatic heterocycles. The van der Waals surface area contributed by atoms with Gasteiger partial charge in [0.25, 0.3) is 0 Å². The molecule has 0 radical (unpaired) electrons. The van der Waals surface area contributed by atoms with Gasteiger partial charge in [0.15, 0.2) is 5.79 Å². The van der Waals surface area contributed by atoms with Crippen LogP contribution >= 0.6 is 11.8 Å². The third-order valence-electron chi connectivity index (χ3n) is 3.64. The zero-order valence-electron chi connectivity index (χ0n) is 11.6. The third kappa shape index (κ3) is 3.08. The summed E-state index contributed by atoms with van der Waals surface area (Å²) in [6.07, 6.45) is 0.360. The Hall–Kier alpha value is -0.510. The fourth-order valence-electron chi connectivity index (χ4n) is 2.08. The van der Waals surface area contributed by atoms with Gasteiger partial charge in [0.2, 0.25) is 0 Å². The number of thioether (sulfide) groups is 1. The van der Waals surface area contributed by atoms with E-state index in [0.717, 1.165) is 5.75 Å². The maximum atomic E-state index is 5.98. The topological polar surface area (TPSA) is 18.5 Å². The fraction of sp³-hybridized carbons (Fsp3) is 0.600. The van der Waals surface area contributed by atoms with E-state index < -0.39 is 5.79 Å². The molecule has 0 N–H and O–H groups in total. The predicted octanol–water partition coefficient (Wildman–Crippen LogP) is 3.95. The second-order valence-electron chi connectivity index (χ2n) is 5.19. The van der Waals surface area contributed by atoms with Gasteiger partial charge in [0, 0.05) is 16.6 Å². The highest BCUT2D eigenvalue weighted by Gasteiger charge is 2.43. The minimum atomic E-state index is -0.444. The maximum Gasteiger partial charge on any atom is 0.169 e. The SMILES string of the molecule is C[C@H]1OC(C)([C@@H](C)CSc2ccccc2)O[C@@H]1C. The first-order valence-electron chi connectivity index (χ1n) is 6.55. The van der Waals surface area contributed by atoms with E-state index >= 15 is 0 Å². The molecule has 0 aromatic heterocycles. The van der Waals surface area contributed by atoms with Crippen molar-refractivity contribution in [2.24, 2.45) is 5.92 Å². The Morgan fingerprint density at radius 3 is 2.28 bits per heavy atom. The first kappa shape index (κ1) is 13.9. The van der Waals surface area contributed by atoms with E-state index in [4.69, 9.17) is 9.47 Å². The number of hydrogen-bond acceptors (Lipinski definition) is 3. The van der Waals surface area contributed by atoms with Crippen molar-refractivity contribution in [3.8, 4) is 0 Å². The van der Waals surface area contributed by atoms with Gasteiger partial charge in [0.1, 0.15) is 0 Å². The zero-order valence-corrected chi connectivity index (χ0v) is 12.4. The van der Waals surface area contributed by atoms with Crippen LogP contribution in [0, 0.1) is 5.92 Å². The van der Waals surface area contributed by atoms with Gasteiger partial charge in [-0.15, -0.1) is 11.8 Å². The van der Waals surface area contributed by atoms with Crippen LogP contribution in [-0.4, -0.2) is 23.7 Å². The molecule has 0 spiro atoms. The monoisotopic (exact) mass is 266 g/mol. The summed E-state index contributed by atoms with van der Waals surface area (Å²) in [4.78, 5) is 1.30. The Morgan fingerprint density at radius 1 is 1.17 bits per heavy atom. The molecule has 0 aliphatic carbocycles. The van der Waals surface area contributed by atoms with Crippen LogP contribution in [-0.2, 0) is 9.47 Å².